The van der Waals surface area contributed by atoms with Crippen molar-refractivity contribution in [2.45, 2.75) is 25.7 Å². The van der Waals surface area contributed by atoms with Gasteiger partial charge in [0.25, 0.3) is 0 Å². The summed E-state index contributed by atoms with van der Waals surface area (Å²) in [6.45, 7) is 0. The van der Waals surface area contributed by atoms with Gasteiger partial charge in [0.05, 0.1) is 0 Å². The minimum absolute atomic E-state index is 1.19. The Kier molecular flexibility index (Phi) is 11.2. The minimum atomic E-state index is 1.19. The monoisotopic (exact) mass is 290 g/mol. The van der Waals surface area contributed by atoms with Crippen LogP contribution in [0.3, 0.4) is 0 Å². The SMILES string of the molecule is C1#CSCCCCS/C=C\SCCCCS1. The summed E-state index contributed by atoms with van der Waals surface area (Å²) in [5.74, 6) is 4.87. The molecule has 1 rings (SSSR count). The van der Waals surface area contributed by atoms with E-state index in [0.29, 0.717) is 0 Å². The Hall–Kier alpha value is 0.700. The molecule has 0 bridgehead atoms. The minimum Gasteiger partial charge on any atom is -0.134 e. The second-order valence-electron chi connectivity index (χ2n) is 3.33. The maximum absolute atomic E-state index is 3.17. The van der Waals surface area contributed by atoms with Crippen LogP contribution >= 0.6 is 47.0 Å². The third-order valence-corrected chi connectivity index (χ3v) is 5.44. The predicted octanol–water partition coefficient (Wildman–Crippen LogP) is 4.88. The van der Waals surface area contributed by atoms with Crippen LogP contribution in [0, 0.1) is 10.5 Å². The van der Waals surface area contributed by atoms with Gasteiger partial charge in [-0.2, -0.15) is 0 Å². The summed E-state index contributed by atoms with van der Waals surface area (Å²) in [5, 5.41) is 10.8. The zero-order valence-electron chi connectivity index (χ0n) is 9.44. The van der Waals surface area contributed by atoms with Gasteiger partial charge in [0.1, 0.15) is 0 Å². The average molecular weight is 291 g/mol. The molecule has 0 atom stereocenters. The molecule has 0 nitrogen and oxygen atoms in total. The number of hydrogen-bond acceptors (Lipinski definition) is 4. The van der Waals surface area contributed by atoms with E-state index in [1.54, 1.807) is 23.5 Å². The fourth-order valence-corrected chi connectivity index (χ4v) is 4.11. The molecule has 0 fully saturated rings. The first kappa shape index (κ1) is 14.8. The molecule has 4 heteroatoms. The summed E-state index contributed by atoms with van der Waals surface area (Å²) in [6, 6.07) is 0. The largest absolute Gasteiger partial charge is 0.134 e. The molecule has 0 aromatic heterocycles. The first-order valence-electron chi connectivity index (χ1n) is 5.62. The Morgan fingerprint density at radius 2 is 1.06 bits per heavy atom. The van der Waals surface area contributed by atoms with Gasteiger partial charge in [-0.3, -0.25) is 0 Å². The first-order chi connectivity index (χ1) is 8.00. The van der Waals surface area contributed by atoms with Crippen LogP contribution in [-0.4, -0.2) is 23.0 Å². The topological polar surface area (TPSA) is 0 Å². The lowest BCUT2D eigenvalue weighted by Gasteiger charge is -1.98. The quantitative estimate of drug-likeness (QED) is 0.583. The summed E-state index contributed by atoms with van der Waals surface area (Å²) >= 11 is 7.43. The van der Waals surface area contributed by atoms with Crippen molar-refractivity contribution in [3.8, 4) is 10.5 Å². The van der Waals surface area contributed by atoms with Crippen LogP contribution in [0.1, 0.15) is 25.7 Å². The summed E-state index contributed by atoms with van der Waals surface area (Å²) in [4.78, 5) is 0. The Morgan fingerprint density at radius 3 is 1.56 bits per heavy atom. The van der Waals surface area contributed by atoms with E-state index in [1.807, 2.05) is 23.5 Å². The van der Waals surface area contributed by atoms with Crippen molar-refractivity contribution in [1.29, 1.82) is 0 Å². The Bertz CT molecular complexity index is 217. The molecule has 1 aliphatic rings. The second kappa shape index (κ2) is 12.2. The normalized spacial score (nSPS) is 23.0. The van der Waals surface area contributed by atoms with E-state index in [4.69, 9.17) is 0 Å². The molecule has 90 valence electrons. The van der Waals surface area contributed by atoms with E-state index in [-0.39, 0.29) is 0 Å². The van der Waals surface area contributed by atoms with E-state index < -0.39 is 0 Å². The zero-order chi connectivity index (χ0) is 11.3. The second-order valence-corrected chi connectivity index (χ2v) is 7.16. The van der Waals surface area contributed by atoms with Gasteiger partial charge in [-0.05, 0) is 58.5 Å². The average Bonchev–Trinajstić information content (AvgIpc) is 2.29. The molecular weight excluding hydrogens is 272 g/mol. The van der Waals surface area contributed by atoms with E-state index in [0.717, 1.165) is 0 Å². The third kappa shape index (κ3) is 9.89. The molecule has 16 heavy (non-hydrogen) atoms. The van der Waals surface area contributed by atoms with Crippen LogP contribution in [0.5, 0.6) is 0 Å². The molecule has 1 aliphatic heterocycles. The molecule has 0 aliphatic carbocycles. The number of hydrogen-bond donors (Lipinski definition) is 0. The lowest BCUT2D eigenvalue weighted by atomic mass is 10.4. The van der Waals surface area contributed by atoms with Crippen molar-refractivity contribution in [2.75, 3.05) is 23.0 Å². The van der Waals surface area contributed by atoms with Gasteiger partial charge in [0, 0.05) is 11.5 Å². The lowest BCUT2D eigenvalue weighted by Crippen LogP contribution is -1.83. The highest BCUT2D eigenvalue weighted by Crippen LogP contribution is 2.15. The van der Waals surface area contributed by atoms with Crippen LogP contribution in [0.25, 0.3) is 0 Å². The molecular formula is C12H18S4. The van der Waals surface area contributed by atoms with Gasteiger partial charge < -0.3 is 0 Å². The Labute approximate surface area is 117 Å². The Balaban J connectivity index is 2.16. The standard InChI is InChI=1S/C12H18S4/c1-2-6-14-11-12-16-8-4-3-7-15-10-9-13-5-1/h9-10H,1-8H2/b10-9-. The molecule has 0 amide bonds. The third-order valence-electron chi connectivity index (χ3n) is 1.95. The maximum Gasteiger partial charge on any atom is 0.00572 e. The van der Waals surface area contributed by atoms with Gasteiger partial charge in [0.2, 0.25) is 0 Å². The Morgan fingerprint density at radius 1 is 0.625 bits per heavy atom. The molecule has 0 saturated heterocycles. The molecule has 0 saturated carbocycles. The number of thioether (sulfide) groups is 4. The van der Waals surface area contributed by atoms with Crippen LogP contribution in [0.15, 0.2) is 10.8 Å². The van der Waals surface area contributed by atoms with Crippen molar-refractivity contribution >= 4 is 47.0 Å². The van der Waals surface area contributed by atoms with Crippen LogP contribution in [-0.2, 0) is 0 Å². The van der Waals surface area contributed by atoms with E-state index in [9.17, 15) is 0 Å². The van der Waals surface area contributed by atoms with Crippen LogP contribution in [0.4, 0.5) is 0 Å². The van der Waals surface area contributed by atoms with Crippen molar-refractivity contribution in [2.24, 2.45) is 0 Å². The summed E-state index contributed by atoms with van der Waals surface area (Å²) in [6.07, 6.45) is 5.19. The zero-order valence-corrected chi connectivity index (χ0v) is 12.7. The summed E-state index contributed by atoms with van der Waals surface area (Å²) in [7, 11) is 0. The van der Waals surface area contributed by atoms with Crippen LogP contribution < -0.4 is 0 Å². The molecule has 0 aromatic carbocycles. The van der Waals surface area contributed by atoms with Crippen molar-refractivity contribution in [3.05, 3.63) is 10.8 Å². The highest BCUT2D eigenvalue weighted by atomic mass is 32.2. The van der Waals surface area contributed by atoms with Gasteiger partial charge in [-0.15, -0.1) is 23.5 Å². The van der Waals surface area contributed by atoms with Crippen molar-refractivity contribution in [3.63, 3.8) is 0 Å². The van der Waals surface area contributed by atoms with Crippen molar-refractivity contribution in [1.82, 2.24) is 0 Å². The molecule has 0 unspecified atom stereocenters. The molecule has 1 heterocycles. The number of rotatable bonds is 0. The molecule has 0 aromatic rings. The maximum atomic E-state index is 3.17. The molecule has 0 spiro atoms. The fourth-order valence-electron chi connectivity index (χ4n) is 1.09. The molecule has 0 radical (unpaired) electrons. The van der Waals surface area contributed by atoms with Gasteiger partial charge in [0.15, 0.2) is 0 Å². The lowest BCUT2D eigenvalue weighted by molar-refractivity contribution is 0.910. The summed E-state index contributed by atoms with van der Waals surface area (Å²) < 4.78 is 0. The van der Waals surface area contributed by atoms with E-state index in [1.165, 1.54) is 48.7 Å². The smallest absolute Gasteiger partial charge is 0.00572 e. The molecule has 0 N–H and O–H groups in total. The highest BCUT2D eigenvalue weighted by Gasteiger charge is 1.91. The van der Waals surface area contributed by atoms with Crippen LogP contribution in [0.2, 0.25) is 0 Å². The van der Waals surface area contributed by atoms with Crippen molar-refractivity contribution < 1.29 is 0 Å². The van der Waals surface area contributed by atoms with Gasteiger partial charge >= 0.3 is 0 Å². The predicted molar refractivity (Wildman–Crippen MR) is 85.2 cm³/mol. The first-order valence-corrected chi connectivity index (χ1v) is 9.69. The van der Waals surface area contributed by atoms with E-state index >= 15 is 0 Å². The van der Waals surface area contributed by atoms with Gasteiger partial charge in [-0.25, -0.2) is 0 Å². The highest BCUT2D eigenvalue weighted by molar-refractivity contribution is 8.07. The van der Waals surface area contributed by atoms with E-state index in [2.05, 4.69) is 21.3 Å². The fraction of sp³-hybridized carbons (Fsp3) is 0.667. The van der Waals surface area contributed by atoms with Gasteiger partial charge in [-0.1, -0.05) is 23.5 Å². The summed E-state index contributed by atoms with van der Waals surface area (Å²) in [5.41, 5.74) is 0.